The van der Waals surface area contributed by atoms with Crippen LogP contribution in [0.25, 0.3) is 11.1 Å². The van der Waals surface area contributed by atoms with Crippen LogP contribution in [0.4, 0.5) is 4.79 Å². The summed E-state index contributed by atoms with van der Waals surface area (Å²) in [6.07, 6.45) is 2.86. The van der Waals surface area contributed by atoms with E-state index >= 15 is 0 Å². The van der Waals surface area contributed by atoms with Crippen molar-refractivity contribution >= 4 is 18.0 Å². The Morgan fingerprint density at radius 1 is 1.03 bits per heavy atom. The number of benzene rings is 2. The van der Waals surface area contributed by atoms with Crippen LogP contribution < -0.4 is 10.6 Å². The van der Waals surface area contributed by atoms with Gasteiger partial charge in [-0.3, -0.25) is 9.59 Å². The summed E-state index contributed by atoms with van der Waals surface area (Å²) < 4.78 is 5.46. The molecule has 2 aromatic carbocycles. The number of ether oxygens (including phenoxy) is 1. The molecular formula is C24H24N2O5. The topological polar surface area (TPSA) is 105 Å². The molecule has 3 N–H and O–H groups in total. The Hall–Kier alpha value is -3.61. The fraction of sp³-hybridized carbons (Fsp3) is 0.292. The quantitative estimate of drug-likeness (QED) is 0.623. The average Bonchev–Trinajstić information content (AvgIpc) is 3.35. The first kappa shape index (κ1) is 20.7. The van der Waals surface area contributed by atoms with Crippen LogP contribution in [0.5, 0.6) is 0 Å². The fourth-order valence-electron chi connectivity index (χ4n) is 4.18. The van der Waals surface area contributed by atoms with Crippen LogP contribution in [0.1, 0.15) is 30.4 Å². The van der Waals surface area contributed by atoms with Gasteiger partial charge in [-0.25, -0.2) is 4.79 Å². The van der Waals surface area contributed by atoms with E-state index in [9.17, 15) is 14.4 Å². The highest BCUT2D eigenvalue weighted by molar-refractivity contribution is 5.86. The monoisotopic (exact) mass is 420 g/mol. The molecule has 2 amide bonds. The number of hydrogen-bond donors (Lipinski definition) is 3. The van der Waals surface area contributed by atoms with Crippen LogP contribution in [0.2, 0.25) is 0 Å². The molecule has 0 heterocycles. The second kappa shape index (κ2) is 8.63. The number of carbonyl (C=O) groups is 3. The lowest BCUT2D eigenvalue weighted by atomic mass is 9.98. The molecule has 0 bridgehead atoms. The molecule has 2 aromatic rings. The lowest BCUT2D eigenvalue weighted by Gasteiger charge is -2.19. The van der Waals surface area contributed by atoms with E-state index in [2.05, 4.69) is 22.8 Å². The maximum atomic E-state index is 12.3. The van der Waals surface area contributed by atoms with E-state index in [1.165, 1.54) is 0 Å². The maximum absolute atomic E-state index is 12.3. The first-order valence-corrected chi connectivity index (χ1v) is 10.3. The van der Waals surface area contributed by atoms with Gasteiger partial charge in [0.2, 0.25) is 5.91 Å². The minimum absolute atomic E-state index is 0.0566. The highest BCUT2D eigenvalue weighted by Crippen LogP contribution is 2.44. The van der Waals surface area contributed by atoms with E-state index in [4.69, 9.17) is 9.84 Å². The van der Waals surface area contributed by atoms with Gasteiger partial charge in [0, 0.05) is 12.0 Å². The molecule has 4 rings (SSSR count). The zero-order valence-corrected chi connectivity index (χ0v) is 17.1. The largest absolute Gasteiger partial charge is 0.481 e. The van der Waals surface area contributed by atoms with Crippen molar-refractivity contribution in [3.63, 3.8) is 0 Å². The summed E-state index contributed by atoms with van der Waals surface area (Å²) in [7, 11) is 0. The average molecular weight is 420 g/mol. The number of alkyl carbamates (subject to hydrolysis) is 1. The van der Waals surface area contributed by atoms with E-state index < -0.39 is 29.9 Å². The molecule has 0 radical (unpaired) electrons. The molecule has 0 aromatic heterocycles. The van der Waals surface area contributed by atoms with Gasteiger partial charge in [-0.1, -0.05) is 60.7 Å². The summed E-state index contributed by atoms with van der Waals surface area (Å²) in [6.45, 7) is 1.73. The van der Waals surface area contributed by atoms with E-state index in [0.29, 0.717) is 6.42 Å². The second-order valence-corrected chi connectivity index (χ2v) is 7.87. The summed E-state index contributed by atoms with van der Waals surface area (Å²) in [5.41, 5.74) is 4.51. The molecule has 7 nitrogen and oxygen atoms in total. The van der Waals surface area contributed by atoms with Crippen LogP contribution in [-0.2, 0) is 14.3 Å². The molecule has 0 spiro atoms. The normalized spacial score (nSPS) is 19.9. The minimum Gasteiger partial charge on any atom is -0.481 e. The summed E-state index contributed by atoms with van der Waals surface area (Å²) in [6, 6.07) is 14.9. The Morgan fingerprint density at radius 2 is 1.65 bits per heavy atom. The van der Waals surface area contributed by atoms with Crippen molar-refractivity contribution in [3.8, 4) is 11.1 Å². The number of amides is 2. The zero-order valence-electron chi connectivity index (χ0n) is 17.1. The van der Waals surface area contributed by atoms with Gasteiger partial charge in [-0.15, -0.1) is 0 Å². The van der Waals surface area contributed by atoms with Gasteiger partial charge in [0.25, 0.3) is 0 Å². The third kappa shape index (κ3) is 4.30. The van der Waals surface area contributed by atoms with E-state index in [-0.39, 0.29) is 18.6 Å². The van der Waals surface area contributed by atoms with Crippen LogP contribution in [0.3, 0.4) is 0 Å². The zero-order chi connectivity index (χ0) is 22.0. The number of carboxylic acid groups (broad SMARTS) is 1. The first-order chi connectivity index (χ1) is 14.9. The lowest BCUT2D eigenvalue weighted by Crippen LogP contribution is -2.47. The van der Waals surface area contributed by atoms with Gasteiger partial charge in [0.05, 0.1) is 5.92 Å². The molecule has 160 valence electrons. The Balaban J connectivity index is 1.31. The number of rotatable bonds is 6. The predicted molar refractivity (Wildman–Crippen MR) is 114 cm³/mol. The van der Waals surface area contributed by atoms with Crippen molar-refractivity contribution < 1.29 is 24.2 Å². The van der Waals surface area contributed by atoms with E-state index in [1.54, 1.807) is 19.1 Å². The fourth-order valence-corrected chi connectivity index (χ4v) is 4.18. The maximum Gasteiger partial charge on any atom is 0.407 e. The molecule has 0 aliphatic heterocycles. The molecule has 2 aliphatic rings. The number of fused-ring (bicyclic) bond motifs is 3. The molecule has 3 unspecified atom stereocenters. The summed E-state index contributed by atoms with van der Waals surface area (Å²) in [4.78, 5) is 35.7. The van der Waals surface area contributed by atoms with Gasteiger partial charge in [0.1, 0.15) is 12.6 Å². The Morgan fingerprint density at radius 3 is 2.23 bits per heavy atom. The van der Waals surface area contributed by atoms with Crippen LogP contribution in [0, 0.1) is 5.92 Å². The van der Waals surface area contributed by atoms with Crippen LogP contribution in [-0.4, -0.2) is 41.8 Å². The standard InChI is InChI=1S/C24H24N2O5/c1-14(22(27)26-16-11-10-15(12-16)23(28)29)25-24(30)31-13-21-19-8-4-2-6-17(19)18-7-3-5-9-20(18)21/h2-11,14-16,21H,12-13H2,1H3,(H,25,30)(H,26,27)(H,28,29). The first-order valence-electron chi connectivity index (χ1n) is 10.3. The number of aliphatic carboxylic acids is 1. The molecule has 3 atom stereocenters. The van der Waals surface area contributed by atoms with Gasteiger partial charge < -0.3 is 20.5 Å². The van der Waals surface area contributed by atoms with Gasteiger partial charge in [0.15, 0.2) is 0 Å². The third-order valence-electron chi connectivity index (χ3n) is 5.80. The van der Waals surface area contributed by atoms with E-state index in [0.717, 1.165) is 22.3 Å². The number of carboxylic acids is 1. The molecular weight excluding hydrogens is 396 g/mol. The van der Waals surface area contributed by atoms with Crippen LogP contribution >= 0.6 is 0 Å². The van der Waals surface area contributed by atoms with Crippen molar-refractivity contribution in [2.24, 2.45) is 5.92 Å². The number of hydrogen-bond acceptors (Lipinski definition) is 4. The Labute approximate surface area is 180 Å². The molecule has 0 saturated carbocycles. The lowest BCUT2D eigenvalue weighted by molar-refractivity contribution is -0.140. The van der Waals surface area contributed by atoms with Gasteiger partial charge in [-0.2, -0.15) is 0 Å². The summed E-state index contributed by atoms with van der Waals surface area (Å²) in [5.74, 6) is -1.97. The van der Waals surface area contributed by atoms with Crippen molar-refractivity contribution in [2.75, 3.05) is 6.61 Å². The molecule has 2 aliphatic carbocycles. The third-order valence-corrected chi connectivity index (χ3v) is 5.80. The molecule has 31 heavy (non-hydrogen) atoms. The molecule has 7 heteroatoms. The van der Waals surface area contributed by atoms with Crippen molar-refractivity contribution in [2.45, 2.75) is 31.3 Å². The number of carbonyl (C=O) groups excluding carboxylic acids is 2. The second-order valence-electron chi connectivity index (χ2n) is 7.87. The predicted octanol–water partition coefficient (Wildman–Crippen LogP) is 3.06. The van der Waals surface area contributed by atoms with E-state index in [1.807, 2.05) is 36.4 Å². The Kier molecular flexibility index (Phi) is 5.75. The van der Waals surface area contributed by atoms with Gasteiger partial charge in [-0.05, 0) is 35.6 Å². The van der Waals surface area contributed by atoms with Gasteiger partial charge >= 0.3 is 12.1 Å². The summed E-state index contributed by atoms with van der Waals surface area (Å²) >= 11 is 0. The van der Waals surface area contributed by atoms with Crippen molar-refractivity contribution in [1.82, 2.24) is 10.6 Å². The van der Waals surface area contributed by atoms with Crippen LogP contribution in [0.15, 0.2) is 60.7 Å². The molecule has 0 fully saturated rings. The smallest absolute Gasteiger partial charge is 0.407 e. The van der Waals surface area contributed by atoms with Crippen molar-refractivity contribution in [1.29, 1.82) is 0 Å². The Bertz CT molecular complexity index is 1000. The highest BCUT2D eigenvalue weighted by atomic mass is 16.5. The highest BCUT2D eigenvalue weighted by Gasteiger charge is 2.30. The van der Waals surface area contributed by atoms with Crippen molar-refractivity contribution in [3.05, 3.63) is 71.8 Å². The number of nitrogens with one attached hydrogen (secondary N) is 2. The summed E-state index contributed by atoms with van der Waals surface area (Å²) in [5, 5.41) is 14.3. The SMILES string of the molecule is CC(NC(=O)OCC1c2ccccc2-c2ccccc21)C(=O)NC1C=CC(C(=O)O)C1. The minimum atomic E-state index is -0.919. The molecule has 0 saturated heterocycles.